The summed E-state index contributed by atoms with van der Waals surface area (Å²) in [6.07, 6.45) is 2.03. The van der Waals surface area contributed by atoms with Crippen LogP contribution in [0.15, 0.2) is 30.3 Å². The molecule has 0 radical (unpaired) electrons. The molecule has 1 N–H and O–H groups in total. The van der Waals surface area contributed by atoms with Gasteiger partial charge in [0.1, 0.15) is 0 Å². The number of hydrogen-bond acceptors (Lipinski definition) is 3. The molecule has 1 aromatic heterocycles. The molecule has 1 aliphatic heterocycles. The van der Waals surface area contributed by atoms with Crippen LogP contribution >= 0.6 is 0 Å². The minimum Gasteiger partial charge on any atom is -0.373 e. The lowest BCUT2D eigenvalue weighted by atomic mass is 9.96. The van der Waals surface area contributed by atoms with Gasteiger partial charge in [0.15, 0.2) is 0 Å². The lowest BCUT2D eigenvalue weighted by molar-refractivity contribution is -0.135. The topological polar surface area (TPSA) is 58.2 Å². The summed E-state index contributed by atoms with van der Waals surface area (Å²) in [6, 6.07) is 10.2. The van der Waals surface area contributed by atoms with E-state index in [1.807, 2.05) is 43.9 Å². The van der Waals surface area contributed by atoms with E-state index >= 15 is 0 Å². The first-order valence-corrected chi connectivity index (χ1v) is 9.02. The van der Waals surface area contributed by atoms with Gasteiger partial charge in [0, 0.05) is 24.3 Å². The van der Waals surface area contributed by atoms with E-state index in [9.17, 15) is 4.79 Å². The molecule has 2 aromatic rings. The zero-order valence-corrected chi connectivity index (χ0v) is 15.3. The molecule has 5 heteroatoms. The predicted molar refractivity (Wildman–Crippen MR) is 97.3 cm³/mol. The Morgan fingerprint density at radius 2 is 1.96 bits per heavy atom. The van der Waals surface area contributed by atoms with E-state index in [-0.39, 0.29) is 17.9 Å². The van der Waals surface area contributed by atoms with Gasteiger partial charge < -0.3 is 9.64 Å². The van der Waals surface area contributed by atoms with Crippen molar-refractivity contribution in [2.45, 2.75) is 52.2 Å². The van der Waals surface area contributed by atoms with E-state index < -0.39 is 0 Å². The Balaban J connectivity index is 1.51. The van der Waals surface area contributed by atoms with E-state index in [0.717, 1.165) is 42.9 Å². The maximum absolute atomic E-state index is 12.8. The van der Waals surface area contributed by atoms with E-state index in [2.05, 4.69) is 22.3 Å². The molecule has 5 nitrogen and oxygen atoms in total. The standard InChI is InChI=1S/C20H27N3O2/c1-14(19-15(2)21-22-16(19)3)20(24)23-11-9-18(10-12-23)25-13-17-7-5-4-6-8-17/h4-8,14,18H,9-13H2,1-3H3,(H,21,22)/t14-/m0/s1. The molecule has 1 saturated heterocycles. The number of ether oxygens (including phenoxy) is 1. The second-order valence-corrected chi connectivity index (χ2v) is 6.89. The number of aromatic amines is 1. The Morgan fingerprint density at radius 1 is 1.28 bits per heavy atom. The van der Waals surface area contributed by atoms with Crippen LogP contribution in [0.3, 0.4) is 0 Å². The first kappa shape index (κ1) is 17.7. The second kappa shape index (κ2) is 7.83. The van der Waals surface area contributed by atoms with Crippen LogP contribution in [0, 0.1) is 13.8 Å². The monoisotopic (exact) mass is 341 g/mol. The average Bonchev–Trinajstić information content (AvgIpc) is 2.98. The van der Waals surface area contributed by atoms with Crippen molar-refractivity contribution < 1.29 is 9.53 Å². The fourth-order valence-electron chi connectivity index (χ4n) is 3.63. The van der Waals surface area contributed by atoms with Gasteiger partial charge in [-0.15, -0.1) is 0 Å². The van der Waals surface area contributed by atoms with Crippen LogP contribution in [0.2, 0.25) is 0 Å². The number of carbonyl (C=O) groups excluding carboxylic acids is 1. The predicted octanol–water partition coefficient (Wildman–Crippen LogP) is 3.34. The number of amides is 1. The molecule has 2 heterocycles. The van der Waals surface area contributed by atoms with Crippen molar-refractivity contribution in [3.63, 3.8) is 0 Å². The van der Waals surface area contributed by atoms with E-state index in [1.165, 1.54) is 5.56 Å². The number of hydrogen-bond donors (Lipinski definition) is 1. The first-order valence-electron chi connectivity index (χ1n) is 9.02. The molecule has 0 saturated carbocycles. The SMILES string of the molecule is Cc1n[nH]c(C)c1[C@H](C)C(=O)N1CCC(OCc2ccccc2)CC1. The fraction of sp³-hybridized carbons (Fsp3) is 0.500. The van der Waals surface area contributed by atoms with Crippen molar-refractivity contribution in [1.29, 1.82) is 0 Å². The highest BCUT2D eigenvalue weighted by Crippen LogP contribution is 2.25. The maximum Gasteiger partial charge on any atom is 0.229 e. The van der Waals surface area contributed by atoms with Crippen molar-refractivity contribution in [3.8, 4) is 0 Å². The summed E-state index contributed by atoms with van der Waals surface area (Å²) >= 11 is 0. The number of rotatable bonds is 5. The van der Waals surface area contributed by atoms with Crippen LogP contribution in [0.25, 0.3) is 0 Å². The van der Waals surface area contributed by atoms with Crippen molar-refractivity contribution in [2.24, 2.45) is 0 Å². The number of carbonyl (C=O) groups is 1. The van der Waals surface area contributed by atoms with Gasteiger partial charge in [0.05, 0.1) is 24.3 Å². The number of nitrogens with zero attached hydrogens (tertiary/aromatic N) is 2. The smallest absolute Gasteiger partial charge is 0.229 e. The molecule has 0 unspecified atom stereocenters. The van der Waals surface area contributed by atoms with Gasteiger partial charge >= 0.3 is 0 Å². The number of piperidine rings is 1. The molecule has 1 aliphatic rings. The summed E-state index contributed by atoms with van der Waals surface area (Å²) in [5.74, 6) is 0.0367. The Bertz CT molecular complexity index is 683. The van der Waals surface area contributed by atoms with Crippen LogP contribution < -0.4 is 0 Å². The van der Waals surface area contributed by atoms with Gasteiger partial charge in [-0.05, 0) is 39.2 Å². The summed E-state index contributed by atoms with van der Waals surface area (Å²) in [5, 5.41) is 7.19. The average molecular weight is 341 g/mol. The largest absolute Gasteiger partial charge is 0.373 e. The van der Waals surface area contributed by atoms with Crippen LogP contribution in [0.5, 0.6) is 0 Å². The molecule has 1 amide bonds. The minimum atomic E-state index is -0.152. The highest BCUT2D eigenvalue weighted by molar-refractivity contribution is 5.84. The lowest BCUT2D eigenvalue weighted by Gasteiger charge is -2.33. The Hall–Kier alpha value is -2.14. The van der Waals surface area contributed by atoms with Gasteiger partial charge in [0.25, 0.3) is 0 Å². The van der Waals surface area contributed by atoms with E-state index in [4.69, 9.17) is 4.74 Å². The van der Waals surface area contributed by atoms with Gasteiger partial charge in [0.2, 0.25) is 5.91 Å². The van der Waals surface area contributed by atoms with Gasteiger partial charge in [-0.3, -0.25) is 9.89 Å². The highest BCUT2D eigenvalue weighted by Gasteiger charge is 2.29. The number of benzene rings is 1. The molecule has 134 valence electrons. The van der Waals surface area contributed by atoms with E-state index in [1.54, 1.807) is 0 Å². The molecule has 0 aliphatic carbocycles. The molecule has 25 heavy (non-hydrogen) atoms. The Kier molecular flexibility index (Phi) is 5.53. The van der Waals surface area contributed by atoms with Crippen molar-refractivity contribution in [3.05, 3.63) is 52.8 Å². The summed E-state index contributed by atoms with van der Waals surface area (Å²) in [4.78, 5) is 14.8. The first-order chi connectivity index (χ1) is 12.1. The summed E-state index contributed by atoms with van der Waals surface area (Å²) in [7, 11) is 0. The third kappa shape index (κ3) is 4.10. The Morgan fingerprint density at radius 3 is 2.56 bits per heavy atom. The van der Waals surface area contributed by atoms with Crippen LogP contribution in [-0.4, -0.2) is 40.2 Å². The zero-order chi connectivity index (χ0) is 17.8. The summed E-state index contributed by atoms with van der Waals surface area (Å²) in [5.41, 5.74) is 4.13. The maximum atomic E-state index is 12.8. The summed E-state index contributed by atoms with van der Waals surface area (Å²) in [6.45, 7) is 8.07. The molecule has 1 aromatic carbocycles. The molecule has 0 spiro atoms. The van der Waals surface area contributed by atoms with Crippen LogP contribution in [0.1, 0.15) is 48.2 Å². The van der Waals surface area contributed by atoms with Crippen LogP contribution in [-0.2, 0) is 16.1 Å². The number of H-pyrrole nitrogens is 1. The molecular formula is C20H27N3O2. The summed E-state index contributed by atoms with van der Waals surface area (Å²) < 4.78 is 6.02. The molecule has 1 atom stereocenters. The number of nitrogens with one attached hydrogen (secondary N) is 1. The van der Waals surface area contributed by atoms with Crippen molar-refractivity contribution in [1.82, 2.24) is 15.1 Å². The number of aromatic nitrogens is 2. The third-order valence-electron chi connectivity index (χ3n) is 5.07. The van der Waals surface area contributed by atoms with E-state index in [0.29, 0.717) is 6.61 Å². The second-order valence-electron chi connectivity index (χ2n) is 6.89. The molecule has 3 rings (SSSR count). The number of aryl methyl sites for hydroxylation is 2. The van der Waals surface area contributed by atoms with Gasteiger partial charge in [-0.2, -0.15) is 5.10 Å². The molecular weight excluding hydrogens is 314 g/mol. The number of likely N-dealkylation sites (tertiary alicyclic amines) is 1. The van der Waals surface area contributed by atoms with Crippen molar-refractivity contribution >= 4 is 5.91 Å². The third-order valence-corrected chi connectivity index (χ3v) is 5.07. The molecule has 1 fully saturated rings. The van der Waals surface area contributed by atoms with Crippen LogP contribution in [0.4, 0.5) is 0 Å². The Labute approximate surface area is 149 Å². The quantitative estimate of drug-likeness (QED) is 0.907. The normalized spacial score (nSPS) is 16.8. The molecule has 0 bridgehead atoms. The van der Waals surface area contributed by atoms with Gasteiger partial charge in [-0.1, -0.05) is 30.3 Å². The van der Waals surface area contributed by atoms with Gasteiger partial charge in [-0.25, -0.2) is 0 Å². The lowest BCUT2D eigenvalue weighted by Crippen LogP contribution is -2.42. The minimum absolute atomic E-state index is 0.152. The zero-order valence-electron chi connectivity index (χ0n) is 15.3. The van der Waals surface area contributed by atoms with Crippen molar-refractivity contribution in [2.75, 3.05) is 13.1 Å². The fourth-order valence-corrected chi connectivity index (χ4v) is 3.63. The highest BCUT2D eigenvalue weighted by atomic mass is 16.5.